The first-order chi connectivity index (χ1) is 13.9. The van der Waals surface area contributed by atoms with Crippen molar-refractivity contribution in [2.45, 2.75) is 0 Å². The lowest BCUT2D eigenvalue weighted by Crippen LogP contribution is -2.22. The van der Waals surface area contributed by atoms with Crippen LogP contribution in [0.3, 0.4) is 0 Å². The van der Waals surface area contributed by atoms with E-state index in [1.807, 2.05) is 18.2 Å². The van der Waals surface area contributed by atoms with E-state index < -0.39 is 4.92 Å². The van der Waals surface area contributed by atoms with Gasteiger partial charge in [-0.05, 0) is 18.2 Å². The summed E-state index contributed by atoms with van der Waals surface area (Å²) in [5.74, 6) is -0.406. The molecule has 0 aliphatic rings. The van der Waals surface area contributed by atoms with Gasteiger partial charge in [0.05, 0.1) is 22.6 Å². The van der Waals surface area contributed by atoms with Crippen LogP contribution in [-0.4, -0.2) is 48.6 Å². The van der Waals surface area contributed by atoms with Gasteiger partial charge in [0.1, 0.15) is 0 Å². The van der Waals surface area contributed by atoms with Crippen LogP contribution in [0.15, 0.2) is 53.6 Å². The molecule has 0 atom stereocenters. The maximum atomic E-state index is 11.9. The molecule has 0 aliphatic carbocycles. The van der Waals surface area contributed by atoms with E-state index in [1.165, 1.54) is 18.3 Å². The van der Waals surface area contributed by atoms with Gasteiger partial charge in [0.25, 0.3) is 5.69 Å². The number of carbonyl (C=O) groups excluding carboxylic acids is 2. The molecule has 0 fully saturated rings. The highest BCUT2D eigenvalue weighted by Gasteiger charge is 2.11. The number of nitrogens with one attached hydrogen (secondary N) is 2. The molecule has 29 heavy (non-hydrogen) atoms. The normalized spacial score (nSPS) is 10.6. The largest absolute Gasteiger partial charge is 0.377 e. The van der Waals surface area contributed by atoms with Gasteiger partial charge in [-0.2, -0.15) is 5.10 Å². The monoisotopic (exact) mass is 415 g/mol. The highest BCUT2D eigenvalue weighted by molar-refractivity contribution is 8.00. The topological polar surface area (TPSA) is 117 Å². The number of non-ortho nitro benzene ring substituents is 1. The van der Waals surface area contributed by atoms with Crippen LogP contribution in [-0.2, 0) is 9.59 Å². The van der Waals surface area contributed by atoms with Crippen LogP contribution in [0.5, 0.6) is 0 Å². The standard InChI is InChI=1S/C19H21N5O4S/c1-23(2)17-9-8-16(24(27)28)10-14(17)11-20-22-19(26)13-29-12-18(25)21-15-6-4-3-5-7-15/h3-11H,12-13H2,1-2H3,(H,21,25)(H,22,26)/b20-11+. The van der Waals surface area contributed by atoms with Gasteiger partial charge in [-0.15, -0.1) is 11.8 Å². The van der Waals surface area contributed by atoms with Gasteiger partial charge in [-0.25, -0.2) is 5.43 Å². The minimum absolute atomic E-state index is 0.0506. The van der Waals surface area contributed by atoms with Gasteiger partial charge in [0.2, 0.25) is 11.8 Å². The molecule has 2 aromatic rings. The number of benzene rings is 2. The average Bonchev–Trinajstić information content (AvgIpc) is 2.68. The second-order valence-corrected chi connectivity index (χ2v) is 7.08. The van der Waals surface area contributed by atoms with E-state index in [0.717, 1.165) is 17.4 Å². The van der Waals surface area contributed by atoms with Gasteiger partial charge < -0.3 is 10.2 Å². The first-order valence-corrected chi connectivity index (χ1v) is 9.72. The Bertz CT molecular complexity index is 903. The summed E-state index contributed by atoms with van der Waals surface area (Å²) in [5.41, 5.74) is 4.21. The lowest BCUT2D eigenvalue weighted by Gasteiger charge is -2.14. The molecule has 0 heterocycles. The van der Waals surface area contributed by atoms with E-state index in [1.54, 1.807) is 37.2 Å². The van der Waals surface area contributed by atoms with E-state index >= 15 is 0 Å². The van der Waals surface area contributed by atoms with Gasteiger partial charge >= 0.3 is 0 Å². The molecule has 0 aliphatic heterocycles. The number of carbonyl (C=O) groups is 2. The summed E-state index contributed by atoms with van der Waals surface area (Å²) in [6, 6.07) is 13.4. The van der Waals surface area contributed by atoms with Crippen molar-refractivity contribution in [1.82, 2.24) is 5.43 Å². The van der Waals surface area contributed by atoms with Gasteiger partial charge in [0, 0.05) is 43.2 Å². The molecule has 2 amide bonds. The molecule has 0 saturated carbocycles. The minimum Gasteiger partial charge on any atom is -0.377 e. The van der Waals surface area contributed by atoms with E-state index in [9.17, 15) is 19.7 Å². The van der Waals surface area contributed by atoms with Crippen molar-refractivity contribution in [3.05, 3.63) is 64.2 Å². The van der Waals surface area contributed by atoms with Crippen LogP contribution < -0.4 is 15.6 Å². The minimum atomic E-state index is -0.494. The highest BCUT2D eigenvalue weighted by Crippen LogP contribution is 2.22. The number of nitro benzene ring substituents is 1. The number of para-hydroxylation sites is 1. The Morgan fingerprint density at radius 2 is 1.83 bits per heavy atom. The number of nitrogens with zero attached hydrogens (tertiary/aromatic N) is 3. The molecule has 10 heteroatoms. The van der Waals surface area contributed by atoms with Crippen molar-refractivity contribution in [3.63, 3.8) is 0 Å². The van der Waals surface area contributed by atoms with Crippen LogP contribution in [0.4, 0.5) is 17.1 Å². The number of hydrogen-bond acceptors (Lipinski definition) is 7. The molecule has 2 rings (SSSR count). The van der Waals surface area contributed by atoms with Crippen molar-refractivity contribution >= 4 is 46.9 Å². The predicted molar refractivity (Wildman–Crippen MR) is 116 cm³/mol. The van der Waals surface area contributed by atoms with Crippen LogP contribution in [0.2, 0.25) is 0 Å². The highest BCUT2D eigenvalue weighted by atomic mass is 32.2. The second kappa shape index (κ2) is 10.8. The molecule has 0 bridgehead atoms. The maximum absolute atomic E-state index is 11.9. The summed E-state index contributed by atoms with van der Waals surface area (Å²) in [6.45, 7) is 0. The summed E-state index contributed by atoms with van der Waals surface area (Å²) in [6.07, 6.45) is 1.35. The third kappa shape index (κ3) is 7.26. The first kappa shape index (κ1) is 21.9. The molecule has 152 valence electrons. The molecular weight excluding hydrogens is 394 g/mol. The Kier molecular flexibility index (Phi) is 8.16. The average molecular weight is 415 g/mol. The Labute approximate surface area is 172 Å². The first-order valence-electron chi connectivity index (χ1n) is 8.57. The quantitative estimate of drug-likeness (QED) is 0.369. The molecular formula is C19H21N5O4S. The molecule has 0 spiro atoms. The van der Waals surface area contributed by atoms with Gasteiger partial charge in [0.15, 0.2) is 0 Å². The fraction of sp³-hybridized carbons (Fsp3) is 0.211. The molecule has 2 N–H and O–H groups in total. The Hall–Kier alpha value is -3.40. The van der Waals surface area contributed by atoms with Crippen LogP contribution in [0.25, 0.3) is 0 Å². The smallest absolute Gasteiger partial charge is 0.270 e. The number of amides is 2. The van der Waals surface area contributed by atoms with E-state index in [2.05, 4.69) is 15.8 Å². The number of hydrogen-bond donors (Lipinski definition) is 2. The van der Waals surface area contributed by atoms with Crippen molar-refractivity contribution in [2.75, 3.05) is 35.8 Å². The van der Waals surface area contributed by atoms with Crippen molar-refractivity contribution in [1.29, 1.82) is 0 Å². The zero-order chi connectivity index (χ0) is 21.2. The van der Waals surface area contributed by atoms with Crippen molar-refractivity contribution < 1.29 is 14.5 Å². The number of nitro groups is 1. The molecule has 0 aromatic heterocycles. The molecule has 2 aromatic carbocycles. The predicted octanol–water partition coefficient (Wildman–Crippen LogP) is 2.48. The summed E-state index contributed by atoms with van der Waals surface area (Å²) in [4.78, 5) is 35.9. The fourth-order valence-corrected chi connectivity index (χ4v) is 2.94. The summed E-state index contributed by atoms with van der Waals surface area (Å²) in [7, 11) is 3.60. The van der Waals surface area contributed by atoms with Crippen LogP contribution in [0, 0.1) is 10.1 Å². The molecule has 0 unspecified atom stereocenters. The SMILES string of the molecule is CN(C)c1ccc([N+](=O)[O-])cc1/C=N/NC(=O)CSCC(=O)Nc1ccccc1. The van der Waals surface area contributed by atoms with Gasteiger partial charge in [-0.1, -0.05) is 18.2 Å². The second-order valence-electron chi connectivity index (χ2n) is 6.09. The third-order valence-electron chi connectivity index (χ3n) is 3.62. The van der Waals surface area contributed by atoms with E-state index in [-0.39, 0.29) is 29.0 Å². The van der Waals surface area contributed by atoms with Crippen molar-refractivity contribution in [2.24, 2.45) is 5.10 Å². The fourth-order valence-electron chi connectivity index (χ4n) is 2.33. The maximum Gasteiger partial charge on any atom is 0.270 e. The third-order valence-corrected chi connectivity index (χ3v) is 4.55. The van der Waals surface area contributed by atoms with Crippen molar-refractivity contribution in [3.8, 4) is 0 Å². The zero-order valence-corrected chi connectivity index (χ0v) is 16.8. The number of rotatable bonds is 9. The number of hydrazone groups is 1. The number of thioether (sulfide) groups is 1. The summed E-state index contributed by atoms with van der Waals surface area (Å²) < 4.78 is 0. The number of anilines is 2. The molecule has 0 radical (unpaired) electrons. The van der Waals surface area contributed by atoms with Crippen LogP contribution >= 0.6 is 11.8 Å². The summed E-state index contributed by atoms with van der Waals surface area (Å²) >= 11 is 1.15. The van der Waals surface area contributed by atoms with Crippen LogP contribution in [0.1, 0.15) is 5.56 Å². The Morgan fingerprint density at radius 3 is 2.48 bits per heavy atom. The Morgan fingerprint density at radius 1 is 1.14 bits per heavy atom. The molecule has 0 saturated heterocycles. The van der Waals surface area contributed by atoms with E-state index in [0.29, 0.717) is 11.3 Å². The molecule has 9 nitrogen and oxygen atoms in total. The van der Waals surface area contributed by atoms with Gasteiger partial charge in [-0.3, -0.25) is 19.7 Å². The lowest BCUT2D eigenvalue weighted by molar-refractivity contribution is -0.384. The Balaban J connectivity index is 1.82. The lowest BCUT2D eigenvalue weighted by atomic mass is 10.1. The van der Waals surface area contributed by atoms with E-state index in [4.69, 9.17) is 0 Å². The zero-order valence-electron chi connectivity index (χ0n) is 16.0. The summed E-state index contributed by atoms with van der Waals surface area (Å²) in [5, 5.41) is 17.5.